The number of aryl methyl sites for hydroxylation is 1. The first-order chi connectivity index (χ1) is 11.9. The topological polar surface area (TPSA) is 70.1 Å². The second kappa shape index (κ2) is 7.04. The number of carbonyl (C=O) groups is 2. The summed E-state index contributed by atoms with van der Waals surface area (Å²) in [4.78, 5) is 27.8. The van der Waals surface area contributed by atoms with Crippen LogP contribution >= 0.6 is 0 Å². The van der Waals surface area contributed by atoms with Crippen molar-refractivity contribution >= 4 is 11.8 Å². The van der Waals surface area contributed by atoms with E-state index >= 15 is 0 Å². The van der Waals surface area contributed by atoms with Crippen LogP contribution in [-0.2, 0) is 9.59 Å². The van der Waals surface area contributed by atoms with Gasteiger partial charge >= 0.3 is 0 Å². The summed E-state index contributed by atoms with van der Waals surface area (Å²) >= 11 is 0. The lowest BCUT2D eigenvalue weighted by Crippen LogP contribution is -2.54. The highest BCUT2D eigenvalue weighted by atomic mass is 16.5. The Hall–Kier alpha value is -2.08. The van der Waals surface area contributed by atoms with Crippen LogP contribution in [0.25, 0.3) is 0 Å². The molecule has 0 aromatic heterocycles. The molecule has 0 saturated carbocycles. The molecular weight excluding hydrogens is 320 g/mol. The number of piperidine rings is 1. The number of likely N-dealkylation sites (tertiary alicyclic amines) is 2. The fourth-order valence-corrected chi connectivity index (χ4v) is 3.84. The molecule has 0 radical (unpaired) electrons. The standard InChI is InChI=1S/C19H26N2O4/c1-14-5-3-4-6-16(14)25-13-15(22)18(24)21-11-9-19(10-12-21)8-7-17(23)20(19)2/h3-6,15,22H,7-13H2,1-2H3. The van der Waals surface area contributed by atoms with E-state index in [-0.39, 0.29) is 24.0 Å². The molecule has 6 nitrogen and oxygen atoms in total. The van der Waals surface area contributed by atoms with Gasteiger partial charge in [-0.05, 0) is 37.8 Å². The summed E-state index contributed by atoms with van der Waals surface area (Å²) in [5.74, 6) is 0.569. The average molecular weight is 346 g/mol. The third-order valence-corrected chi connectivity index (χ3v) is 5.67. The van der Waals surface area contributed by atoms with Gasteiger partial charge in [0.15, 0.2) is 6.10 Å². The molecule has 2 amide bonds. The molecule has 2 aliphatic rings. The van der Waals surface area contributed by atoms with Crippen LogP contribution in [0.4, 0.5) is 0 Å². The summed E-state index contributed by atoms with van der Waals surface area (Å²) in [6.07, 6.45) is 1.83. The van der Waals surface area contributed by atoms with Crippen LogP contribution in [0, 0.1) is 6.92 Å². The molecule has 3 rings (SSSR count). The first-order valence-electron chi connectivity index (χ1n) is 8.85. The molecule has 2 fully saturated rings. The minimum absolute atomic E-state index is 0.0519. The van der Waals surface area contributed by atoms with Gasteiger partial charge in [-0.2, -0.15) is 0 Å². The van der Waals surface area contributed by atoms with Gasteiger partial charge in [-0.3, -0.25) is 9.59 Å². The molecule has 2 heterocycles. The van der Waals surface area contributed by atoms with Gasteiger partial charge in [-0.15, -0.1) is 0 Å². The molecular formula is C19H26N2O4. The van der Waals surface area contributed by atoms with Crippen molar-refractivity contribution in [1.29, 1.82) is 0 Å². The minimum atomic E-state index is -1.17. The largest absolute Gasteiger partial charge is 0.490 e. The van der Waals surface area contributed by atoms with Crippen molar-refractivity contribution in [2.24, 2.45) is 0 Å². The number of hydrogen-bond donors (Lipinski definition) is 1. The Bertz CT molecular complexity index is 653. The third-order valence-electron chi connectivity index (χ3n) is 5.67. The Labute approximate surface area is 148 Å². The van der Waals surface area contributed by atoms with E-state index in [1.54, 1.807) is 4.90 Å². The van der Waals surface area contributed by atoms with E-state index in [1.165, 1.54) is 0 Å². The van der Waals surface area contributed by atoms with E-state index < -0.39 is 6.10 Å². The maximum absolute atomic E-state index is 12.5. The molecule has 1 aromatic rings. The van der Waals surface area contributed by atoms with Gasteiger partial charge in [0.1, 0.15) is 12.4 Å². The summed E-state index contributed by atoms with van der Waals surface area (Å²) in [6.45, 7) is 3.01. The van der Waals surface area contributed by atoms with Crippen molar-refractivity contribution in [2.75, 3.05) is 26.7 Å². The molecule has 136 valence electrons. The lowest BCUT2D eigenvalue weighted by molar-refractivity contribution is -0.144. The van der Waals surface area contributed by atoms with E-state index in [0.29, 0.717) is 25.3 Å². The number of carbonyl (C=O) groups excluding carboxylic acids is 2. The zero-order chi connectivity index (χ0) is 18.0. The predicted molar refractivity (Wildman–Crippen MR) is 93.2 cm³/mol. The van der Waals surface area contributed by atoms with Gasteiger partial charge < -0.3 is 19.6 Å². The number of aliphatic hydroxyl groups is 1. The SMILES string of the molecule is Cc1ccccc1OCC(O)C(=O)N1CCC2(CCC(=O)N2C)CC1. The van der Waals surface area contributed by atoms with Crippen LogP contribution in [0.3, 0.4) is 0 Å². The molecule has 6 heteroatoms. The molecule has 1 spiro atoms. The van der Waals surface area contributed by atoms with Gasteiger partial charge in [0, 0.05) is 32.1 Å². The van der Waals surface area contributed by atoms with Crippen LogP contribution in [0.5, 0.6) is 5.75 Å². The maximum atomic E-state index is 12.5. The molecule has 1 aromatic carbocycles. The van der Waals surface area contributed by atoms with Crippen molar-refractivity contribution in [2.45, 2.75) is 44.2 Å². The Morgan fingerprint density at radius 2 is 1.96 bits per heavy atom. The molecule has 1 unspecified atom stereocenters. The highest BCUT2D eigenvalue weighted by molar-refractivity contribution is 5.81. The number of benzene rings is 1. The molecule has 1 N–H and O–H groups in total. The predicted octanol–water partition coefficient (Wildman–Crippen LogP) is 1.35. The quantitative estimate of drug-likeness (QED) is 0.893. The Kier molecular flexibility index (Phi) is 4.99. The summed E-state index contributed by atoms with van der Waals surface area (Å²) in [5, 5.41) is 10.2. The highest BCUT2D eigenvalue weighted by Crippen LogP contribution is 2.37. The lowest BCUT2D eigenvalue weighted by atomic mass is 9.85. The molecule has 2 saturated heterocycles. The summed E-state index contributed by atoms with van der Waals surface area (Å²) in [7, 11) is 1.86. The fraction of sp³-hybridized carbons (Fsp3) is 0.579. The number of hydrogen-bond acceptors (Lipinski definition) is 4. The van der Waals surface area contributed by atoms with Crippen LogP contribution < -0.4 is 4.74 Å². The lowest BCUT2D eigenvalue weighted by Gasteiger charge is -2.43. The van der Waals surface area contributed by atoms with E-state index in [9.17, 15) is 14.7 Å². The Balaban J connectivity index is 1.52. The van der Waals surface area contributed by atoms with Crippen molar-refractivity contribution in [3.05, 3.63) is 29.8 Å². The minimum Gasteiger partial charge on any atom is -0.490 e. The highest BCUT2D eigenvalue weighted by Gasteiger charge is 2.45. The second-order valence-corrected chi connectivity index (χ2v) is 7.09. The Morgan fingerprint density at radius 3 is 2.56 bits per heavy atom. The number of nitrogens with zero attached hydrogens (tertiary/aromatic N) is 2. The van der Waals surface area contributed by atoms with Crippen LogP contribution in [0.15, 0.2) is 24.3 Å². The average Bonchev–Trinajstić information content (AvgIpc) is 2.89. The summed E-state index contributed by atoms with van der Waals surface area (Å²) < 4.78 is 5.58. The monoisotopic (exact) mass is 346 g/mol. The van der Waals surface area contributed by atoms with Gasteiger partial charge in [0.05, 0.1) is 0 Å². The van der Waals surface area contributed by atoms with Crippen LogP contribution in [-0.4, -0.2) is 65.1 Å². The first-order valence-corrected chi connectivity index (χ1v) is 8.85. The van der Waals surface area contributed by atoms with Crippen molar-refractivity contribution in [3.8, 4) is 5.75 Å². The van der Waals surface area contributed by atoms with Gasteiger partial charge in [-0.1, -0.05) is 18.2 Å². The van der Waals surface area contributed by atoms with E-state index in [4.69, 9.17) is 4.74 Å². The van der Waals surface area contributed by atoms with Crippen LogP contribution in [0.2, 0.25) is 0 Å². The van der Waals surface area contributed by atoms with Crippen molar-refractivity contribution in [3.63, 3.8) is 0 Å². The number of aliphatic hydroxyl groups excluding tert-OH is 1. The zero-order valence-electron chi connectivity index (χ0n) is 14.9. The van der Waals surface area contributed by atoms with Crippen molar-refractivity contribution in [1.82, 2.24) is 9.80 Å². The second-order valence-electron chi connectivity index (χ2n) is 7.09. The number of ether oxygens (including phenoxy) is 1. The molecule has 0 aliphatic carbocycles. The Morgan fingerprint density at radius 1 is 1.28 bits per heavy atom. The van der Waals surface area contributed by atoms with E-state index in [2.05, 4.69) is 0 Å². The fourth-order valence-electron chi connectivity index (χ4n) is 3.84. The van der Waals surface area contributed by atoms with Gasteiger partial charge in [-0.25, -0.2) is 0 Å². The number of para-hydroxylation sites is 1. The van der Waals surface area contributed by atoms with Crippen LogP contribution in [0.1, 0.15) is 31.2 Å². The molecule has 25 heavy (non-hydrogen) atoms. The van der Waals surface area contributed by atoms with Gasteiger partial charge in [0.2, 0.25) is 5.91 Å². The normalized spacial score (nSPS) is 20.8. The molecule has 1 atom stereocenters. The number of amides is 2. The summed E-state index contributed by atoms with van der Waals surface area (Å²) in [6, 6.07) is 7.52. The number of rotatable bonds is 4. The maximum Gasteiger partial charge on any atom is 0.254 e. The third kappa shape index (κ3) is 3.49. The van der Waals surface area contributed by atoms with E-state index in [1.807, 2.05) is 43.1 Å². The molecule has 2 aliphatic heterocycles. The van der Waals surface area contributed by atoms with Gasteiger partial charge in [0.25, 0.3) is 5.91 Å². The van der Waals surface area contributed by atoms with Crippen molar-refractivity contribution < 1.29 is 19.4 Å². The molecule has 0 bridgehead atoms. The first kappa shape index (κ1) is 17.7. The summed E-state index contributed by atoms with van der Waals surface area (Å²) in [5.41, 5.74) is 0.868. The van der Waals surface area contributed by atoms with E-state index in [0.717, 1.165) is 24.8 Å². The smallest absolute Gasteiger partial charge is 0.254 e. The zero-order valence-corrected chi connectivity index (χ0v) is 14.9.